The first kappa shape index (κ1) is 22.5. The van der Waals surface area contributed by atoms with E-state index in [2.05, 4.69) is 31.4 Å². The molecule has 1 heterocycles. The number of para-hydroxylation sites is 1. The number of unbranched alkanes of at least 4 members (excludes halogenated alkanes) is 1. The molecule has 31 heavy (non-hydrogen) atoms. The Morgan fingerprint density at radius 3 is 2.32 bits per heavy atom. The Morgan fingerprint density at radius 2 is 1.68 bits per heavy atom. The van der Waals surface area contributed by atoms with Gasteiger partial charge in [0.25, 0.3) is 5.91 Å². The topological polar surface area (TPSA) is 78.5 Å². The molecule has 164 valence electrons. The van der Waals surface area contributed by atoms with Crippen LogP contribution < -0.4 is 10.6 Å². The average Bonchev–Trinajstić information content (AvgIpc) is 2.97. The number of carbonyl (C=O) groups excluding carboxylic acids is 3. The summed E-state index contributed by atoms with van der Waals surface area (Å²) in [5.41, 5.74) is 1.13. The number of nitrogens with one attached hydrogen (secondary N) is 2. The van der Waals surface area contributed by atoms with Gasteiger partial charge < -0.3 is 10.6 Å². The minimum Gasteiger partial charge on any atom is -0.324 e. The van der Waals surface area contributed by atoms with Crippen LogP contribution in [0.15, 0.2) is 54.6 Å². The predicted octanol–water partition coefficient (Wildman–Crippen LogP) is 4.56. The van der Waals surface area contributed by atoms with Crippen molar-refractivity contribution < 1.29 is 14.4 Å². The number of hydrogen-bond donors (Lipinski definition) is 2. The number of amides is 4. The van der Waals surface area contributed by atoms with Crippen LogP contribution in [0.1, 0.15) is 58.1 Å². The van der Waals surface area contributed by atoms with E-state index < -0.39 is 17.5 Å². The highest BCUT2D eigenvalue weighted by molar-refractivity contribution is 6.10. The van der Waals surface area contributed by atoms with Crippen LogP contribution >= 0.6 is 0 Å². The predicted molar refractivity (Wildman–Crippen MR) is 122 cm³/mol. The molecule has 1 aliphatic rings. The van der Waals surface area contributed by atoms with E-state index in [1.165, 1.54) is 0 Å². The smallest absolute Gasteiger partial charge is 0.324 e. The molecule has 1 unspecified atom stereocenters. The van der Waals surface area contributed by atoms with E-state index in [1.54, 1.807) is 0 Å². The van der Waals surface area contributed by atoms with Crippen LogP contribution in [0.2, 0.25) is 0 Å². The normalized spacial score (nSPS) is 18.8. The molecule has 0 radical (unpaired) electrons. The van der Waals surface area contributed by atoms with E-state index in [4.69, 9.17) is 0 Å². The number of urea groups is 1. The van der Waals surface area contributed by atoms with Crippen LogP contribution in [-0.4, -0.2) is 29.3 Å². The summed E-state index contributed by atoms with van der Waals surface area (Å²) in [5, 5.41) is 5.76. The third kappa shape index (κ3) is 4.63. The quantitative estimate of drug-likeness (QED) is 0.643. The van der Waals surface area contributed by atoms with Gasteiger partial charge >= 0.3 is 6.03 Å². The third-order valence-corrected chi connectivity index (χ3v) is 5.66. The first-order valence-electron chi connectivity index (χ1n) is 10.8. The number of imide groups is 1. The van der Waals surface area contributed by atoms with Gasteiger partial charge in [-0.2, -0.15) is 0 Å². The molecule has 0 bridgehead atoms. The van der Waals surface area contributed by atoms with Gasteiger partial charge in [-0.05, 0) is 29.0 Å². The minimum atomic E-state index is -1.13. The van der Waals surface area contributed by atoms with Gasteiger partial charge in [-0.3, -0.25) is 14.5 Å². The zero-order valence-corrected chi connectivity index (χ0v) is 18.7. The lowest BCUT2D eigenvalue weighted by Crippen LogP contribution is -2.44. The molecule has 6 heteroatoms. The molecule has 0 aromatic heterocycles. The Labute approximate surface area is 184 Å². The van der Waals surface area contributed by atoms with E-state index in [1.807, 2.05) is 61.5 Å². The molecule has 0 aliphatic carbocycles. The first-order chi connectivity index (χ1) is 14.7. The summed E-state index contributed by atoms with van der Waals surface area (Å²) in [6.07, 6.45) is 2.16. The highest BCUT2D eigenvalue weighted by Gasteiger charge is 2.52. The van der Waals surface area contributed by atoms with Gasteiger partial charge in [0.15, 0.2) is 0 Å². The van der Waals surface area contributed by atoms with E-state index in [0.717, 1.165) is 28.9 Å². The summed E-state index contributed by atoms with van der Waals surface area (Å²) in [6, 6.07) is 16.3. The maximum atomic E-state index is 13.4. The zero-order valence-electron chi connectivity index (χ0n) is 18.7. The summed E-state index contributed by atoms with van der Waals surface area (Å²) in [4.78, 5) is 40.0. The highest BCUT2D eigenvalue weighted by atomic mass is 16.2. The van der Waals surface area contributed by atoms with Gasteiger partial charge in [-0.25, -0.2) is 4.79 Å². The fourth-order valence-electron chi connectivity index (χ4n) is 4.02. The molecule has 1 aliphatic heterocycles. The molecule has 2 aromatic rings. The average molecular weight is 422 g/mol. The van der Waals surface area contributed by atoms with Gasteiger partial charge in [0.05, 0.1) is 0 Å². The maximum absolute atomic E-state index is 13.4. The van der Waals surface area contributed by atoms with Gasteiger partial charge in [0.1, 0.15) is 12.1 Å². The molecule has 1 saturated heterocycles. The molecule has 3 rings (SSSR count). The fraction of sp³-hybridized carbons (Fsp3) is 0.400. The Hall–Kier alpha value is -3.15. The van der Waals surface area contributed by atoms with Gasteiger partial charge in [0.2, 0.25) is 5.91 Å². The van der Waals surface area contributed by atoms with Crippen LogP contribution in [0, 0.1) is 0 Å². The second kappa shape index (κ2) is 8.92. The summed E-state index contributed by atoms with van der Waals surface area (Å²) >= 11 is 0. The standard InChI is InChI=1S/C25H31N3O3/c1-5-6-16-25(18-12-8-7-9-13-18)22(30)28(23(31)27-25)17-21(29)26-20-15-11-10-14-19(20)24(2,3)4/h7-15H,5-6,16-17H2,1-4H3,(H,26,29)(H,27,31). The van der Waals surface area contributed by atoms with E-state index in [-0.39, 0.29) is 17.9 Å². The number of hydrogen-bond acceptors (Lipinski definition) is 3. The number of rotatable bonds is 7. The maximum Gasteiger partial charge on any atom is 0.325 e. The Morgan fingerprint density at radius 1 is 1.03 bits per heavy atom. The van der Waals surface area contributed by atoms with Crippen molar-refractivity contribution in [1.29, 1.82) is 0 Å². The Bertz CT molecular complexity index is 965. The van der Waals surface area contributed by atoms with Crippen molar-refractivity contribution >= 4 is 23.5 Å². The lowest BCUT2D eigenvalue weighted by atomic mass is 9.85. The van der Waals surface area contributed by atoms with Gasteiger partial charge in [-0.1, -0.05) is 89.1 Å². The molecule has 0 saturated carbocycles. The van der Waals surface area contributed by atoms with Crippen molar-refractivity contribution in [2.75, 3.05) is 11.9 Å². The largest absolute Gasteiger partial charge is 0.325 e. The fourth-order valence-corrected chi connectivity index (χ4v) is 4.02. The number of benzene rings is 2. The molecule has 2 N–H and O–H groups in total. The number of nitrogens with zero attached hydrogens (tertiary/aromatic N) is 1. The number of carbonyl (C=O) groups is 3. The molecule has 1 atom stereocenters. The zero-order chi connectivity index (χ0) is 22.6. The second-order valence-corrected chi connectivity index (χ2v) is 9.04. The van der Waals surface area contributed by atoms with Crippen LogP contribution in [0.4, 0.5) is 10.5 Å². The van der Waals surface area contributed by atoms with E-state index >= 15 is 0 Å². The van der Waals surface area contributed by atoms with Gasteiger partial charge in [-0.15, -0.1) is 0 Å². The number of anilines is 1. The third-order valence-electron chi connectivity index (χ3n) is 5.66. The minimum absolute atomic E-state index is 0.159. The van der Waals surface area contributed by atoms with Crippen molar-refractivity contribution in [1.82, 2.24) is 10.2 Å². The molecule has 4 amide bonds. The highest BCUT2D eigenvalue weighted by Crippen LogP contribution is 2.34. The lowest BCUT2D eigenvalue weighted by molar-refractivity contribution is -0.134. The molecule has 6 nitrogen and oxygen atoms in total. The van der Waals surface area contributed by atoms with Crippen LogP contribution in [0.5, 0.6) is 0 Å². The van der Waals surface area contributed by atoms with Crippen molar-refractivity contribution in [3.05, 3.63) is 65.7 Å². The van der Waals surface area contributed by atoms with E-state index in [0.29, 0.717) is 12.1 Å². The van der Waals surface area contributed by atoms with E-state index in [9.17, 15) is 14.4 Å². The molecular weight excluding hydrogens is 390 g/mol. The summed E-state index contributed by atoms with van der Waals surface area (Å²) in [6.45, 7) is 7.91. The van der Waals surface area contributed by atoms with Crippen LogP contribution in [-0.2, 0) is 20.5 Å². The SMILES string of the molecule is CCCCC1(c2ccccc2)NC(=O)N(CC(=O)Nc2ccccc2C(C)(C)C)C1=O. The van der Waals surface area contributed by atoms with Crippen LogP contribution in [0.3, 0.4) is 0 Å². The summed E-state index contributed by atoms with van der Waals surface area (Å²) < 4.78 is 0. The molecule has 1 fully saturated rings. The lowest BCUT2D eigenvalue weighted by Gasteiger charge is -2.27. The molecule has 2 aromatic carbocycles. The van der Waals surface area contributed by atoms with Crippen molar-refractivity contribution in [3.8, 4) is 0 Å². The monoisotopic (exact) mass is 421 g/mol. The summed E-state index contributed by atoms with van der Waals surface area (Å²) in [7, 11) is 0. The Balaban J connectivity index is 1.82. The first-order valence-corrected chi connectivity index (χ1v) is 10.8. The molecule has 0 spiro atoms. The molecular formula is C25H31N3O3. The Kier molecular flexibility index (Phi) is 6.48. The van der Waals surface area contributed by atoms with Gasteiger partial charge in [0, 0.05) is 5.69 Å². The second-order valence-electron chi connectivity index (χ2n) is 9.04. The van der Waals surface area contributed by atoms with Crippen molar-refractivity contribution in [2.24, 2.45) is 0 Å². The summed E-state index contributed by atoms with van der Waals surface area (Å²) in [5.74, 6) is -0.782. The van der Waals surface area contributed by atoms with Crippen LogP contribution in [0.25, 0.3) is 0 Å². The van der Waals surface area contributed by atoms with Crippen molar-refractivity contribution in [3.63, 3.8) is 0 Å². The van der Waals surface area contributed by atoms with Crippen molar-refractivity contribution in [2.45, 2.75) is 57.9 Å².